The maximum Gasteiger partial charge on any atom is 0.243 e. The Morgan fingerprint density at radius 1 is 0.828 bits per heavy atom. The van der Waals surface area contributed by atoms with Gasteiger partial charge in [0, 0.05) is 23.1 Å². The molecule has 0 unspecified atom stereocenters. The van der Waals surface area contributed by atoms with Gasteiger partial charge in [-0.2, -0.15) is 5.10 Å². The first-order valence-electron chi connectivity index (χ1n) is 9.49. The van der Waals surface area contributed by atoms with Gasteiger partial charge >= 0.3 is 0 Å². The molecule has 3 aromatic carbocycles. The largest absolute Gasteiger partial charge is 0.289 e. The fraction of sp³-hybridized carbons (Fsp3) is 0.0833. The van der Waals surface area contributed by atoms with E-state index in [1.807, 2.05) is 95.7 Å². The first kappa shape index (κ1) is 18.7. The Labute approximate surface area is 169 Å². The molecule has 1 aromatic heterocycles. The Hall–Kier alpha value is -3.70. The molecule has 0 fully saturated rings. The molecule has 0 radical (unpaired) electrons. The Morgan fingerprint density at radius 2 is 1.38 bits per heavy atom. The molecular weight excluding hydrogens is 362 g/mol. The van der Waals surface area contributed by atoms with Gasteiger partial charge in [0.1, 0.15) is 0 Å². The van der Waals surface area contributed by atoms with Gasteiger partial charge < -0.3 is 0 Å². The third-order valence-electron chi connectivity index (χ3n) is 4.81. The van der Waals surface area contributed by atoms with E-state index in [2.05, 4.69) is 0 Å². The van der Waals surface area contributed by atoms with Gasteiger partial charge in [0.05, 0.1) is 17.1 Å². The molecule has 0 aliphatic heterocycles. The Bertz CT molecular complexity index is 1090. The average molecular weight is 383 g/mol. The second-order valence-corrected chi connectivity index (χ2v) is 6.69. The van der Waals surface area contributed by atoms with Crippen molar-refractivity contribution in [2.45, 2.75) is 12.8 Å². The molecule has 0 saturated heterocycles. The topological polar surface area (TPSA) is 67.2 Å². The van der Waals surface area contributed by atoms with Crippen molar-refractivity contribution in [1.82, 2.24) is 15.3 Å². The third kappa shape index (κ3) is 3.95. The molecule has 5 nitrogen and oxygen atoms in total. The molecule has 4 rings (SSSR count). The van der Waals surface area contributed by atoms with Gasteiger partial charge in [-0.3, -0.25) is 10.0 Å². The first-order chi connectivity index (χ1) is 14.3. The molecule has 0 aliphatic carbocycles. The fourth-order valence-corrected chi connectivity index (χ4v) is 3.46. The minimum atomic E-state index is -0.421. The third-order valence-corrected chi connectivity index (χ3v) is 4.81. The highest BCUT2D eigenvalue weighted by Crippen LogP contribution is 2.35. The molecule has 0 aliphatic rings. The van der Waals surface area contributed by atoms with Gasteiger partial charge in [-0.25, -0.2) is 10.2 Å². The summed E-state index contributed by atoms with van der Waals surface area (Å²) in [4.78, 5) is 11.8. The lowest BCUT2D eigenvalue weighted by molar-refractivity contribution is -0.129. The number of nitrogens with one attached hydrogen (secondary N) is 1. The van der Waals surface area contributed by atoms with Crippen LogP contribution in [0.25, 0.3) is 28.2 Å². The Morgan fingerprint density at radius 3 is 1.97 bits per heavy atom. The molecule has 29 heavy (non-hydrogen) atoms. The SMILES string of the molecule is O=C(CCc1c(-c2ccccc2)nn(-c2ccccc2)c1-c1ccccc1)NO. The van der Waals surface area contributed by atoms with E-state index in [0.717, 1.165) is 33.8 Å². The summed E-state index contributed by atoms with van der Waals surface area (Å²) in [6.07, 6.45) is 0.615. The van der Waals surface area contributed by atoms with Crippen molar-refractivity contribution in [1.29, 1.82) is 0 Å². The summed E-state index contributed by atoms with van der Waals surface area (Å²) in [6, 6.07) is 29.9. The first-order valence-corrected chi connectivity index (χ1v) is 9.49. The van der Waals surface area contributed by atoms with E-state index in [1.54, 1.807) is 5.48 Å². The summed E-state index contributed by atoms with van der Waals surface area (Å²) in [6.45, 7) is 0. The lowest BCUT2D eigenvalue weighted by Crippen LogP contribution is -2.18. The summed E-state index contributed by atoms with van der Waals surface area (Å²) >= 11 is 0. The number of benzene rings is 3. The summed E-state index contributed by atoms with van der Waals surface area (Å²) in [5.41, 5.74) is 7.42. The minimum absolute atomic E-state index is 0.163. The highest BCUT2D eigenvalue weighted by molar-refractivity contribution is 5.79. The van der Waals surface area contributed by atoms with Crippen molar-refractivity contribution >= 4 is 5.91 Å². The number of hydrogen-bond acceptors (Lipinski definition) is 3. The van der Waals surface area contributed by atoms with Crippen LogP contribution in [0.2, 0.25) is 0 Å². The maximum atomic E-state index is 11.8. The van der Waals surface area contributed by atoms with E-state index < -0.39 is 5.91 Å². The van der Waals surface area contributed by atoms with Crippen molar-refractivity contribution < 1.29 is 10.0 Å². The Balaban J connectivity index is 1.96. The van der Waals surface area contributed by atoms with Crippen molar-refractivity contribution in [3.05, 3.63) is 96.6 Å². The highest BCUT2D eigenvalue weighted by Gasteiger charge is 2.22. The minimum Gasteiger partial charge on any atom is -0.289 e. The van der Waals surface area contributed by atoms with Crippen molar-refractivity contribution in [3.8, 4) is 28.2 Å². The molecule has 0 saturated carbocycles. The quantitative estimate of drug-likeness (QED) is 0.376. The Kier molecular flexibility index (Phi) is 5.49. The molecule has 0 bridgehead atoms. The van der Waals surface area contributed by atoms with Crippen molar-refractivity contribution in [2.24, 2.45) is 0 Å². The van der Waals surface area contributed by atoms with E-state index in [1.165, 1.54) is 0 Å². The van der Waals surface area contributed by atoms with Crippen LogP contribution in [-0.2, 0) is 11.2 Å². The predicted molar refractivity (Wildman–Crippen MR) is 113 cm³/mol. The smallest absolute Gasteiger partial charge is 0.243 e. The summed E-state index contributed by atoms with van der Waals surface area (Å²) < 4.78 is 1.93. The van der Waals surface area contributed by atoms with Crippen LogP contribution in [0.4, 0.5) is 0 Å². The van der Waals surface area contributed by atoms with Gasteiger partial charge in [-0.15, -0.1) is 0 Å². The van der Waals surface area contributed by atoms with Crippen molar-refractivity contribution in [2.75, 3.05) is 0 Å². The number of para-hydroxylation sites is 1. The van der Waals surface area contributed by atoms with Gasteiger partial charge in [-0.1, -0.05) is 78.9 Å². The van der Waals surface area contributed by atoms with Crippen LogP contribution in [-0.4, -0.2) is 20.9 Å². The van der Waals surface area contributed by atoms with Crippen LogP contribution in [0.15, 0.2) is 91.0 Å². The van der Waals surface area contributed by atoms with Crippen LogP contribution >= 0.6 is 0 Å². The monoisotopic (exact) mass is 383 g/mol. The number of carbonyl (C=O) groups is 1. The van der Waals surface area contributed by atoms with E-state index >= 15 is 0 Å². The normalized spacial score (nSPS) is 10.7. The maximum absolute atomic E-state index is 11.8. The van der Waals surface area contributed by atoms with Gasteiger partial charge in [-0.05, 0) is 18.6 Å². The number of aromatic nitrogens is 2. The lowest BCUT2D eigenvalue weighted by Gasteiger charge is -2.10. The van der Waals surface area contributed by atoms with E-state index in [-0.39, 0.29) is 6.42 Å². The van der Waals surface area contributed by atoms with E-state index in [0.29, 0.717) is 6.42 Å². The number of hydrogen-bond donors (Lipinski definition) is 2. The second kappa shape index (κ2) is 8.54. The predicted octanol–water partition coefficient (Wildman–Crippen LogP) is 4.64. The highest BCUT2D eigenvalue weighted by atomic mass is 16.5. The average Bonchev–Trinajstić information content (AvgIpc) is 3.18. The van der Waals surface area contributed by atoms with Gasteiger partial charge in [0.25, 0.3) is 0 Å². The summed E-state index contributed by atoms with van der Waals surface area (Å²) in [5.74, 6) is -0.421. The number of hydroxylamine groups is 1. The van der Waals surface area contributed by atoms with Gasteiger partial charge in [0.15, 0.2) is 0 Å². The molecular formula is C24H21N3O2. The molecule has 5 heteroatoms. The second-order valence-electron chi connectivity index (χ2n) is 6.69. The van der Waals surface area contributed by atoms with Crippen LogP contribution in [0.3, 0.4) is 0 Å². The van der Waals surface area contributed by atoms with Crippen LogP contribution < -0.4 is 5.48 Å². The number of rotatable bonds is 6. The van der Waals surface area contributed by atoms with Crippen LogP contribution in [0.1, 0.15) is 12.0 Å². The molecule has 0 atom stereocenters. The summed E-state index contributed by atoms with van der Waals surface area (Å²) in [5, 5.41) is 13.9. The molecule has 0 spiro atoms. The fourth-order valence-electron chi connectivity index (χ4n) is 3.46. The van der Waals surface area contributed by atoms with Crippen molar-refractivity contribution in [3.63, 3.8) is 0 Å². The van der Waals surface area contributed by atoms with E-state index in [9.17, 15) is 4.79 Å². The molecule has 144 valence electrons. The van der Waals surface area contributed by atoms with E-state index in [4.69, 9.17) is 10.3 Å². The molecule has 1 heterocycles. The molecule has 2 N–H and O–H groups in total. The molecule has 4 aromatic rings. The zero-order valence-corrected chi connectivity index (χ0v) is 15.8. The molecule has 1 amide bonds. The lowest BCUT2D eigenvalue weighted by atomic mass is 9.98. The van der Waals surface area contributed by atoms with Crippen LogP contribution in [0, 0.1) is 0 Å². The number of nitrogens with zero attached hydrogens (tertiary/aromatic N) is 2. The summed E-state index contributed by atoms with van der Waals surface area (Å²) in [7, 11) is 0. The van der Waals surface area contributed by atoms with Crippen LogP contribution in [0.5, 0.6) is 0 Å². The number of carbonyl (C=O) groups excluding carboxylic acids is 1. The zero-order chi connectivity index (χ0) is 20.1. The zero-order valence-electron chi connectivity index (χ0n) is 15.8. The van der Waals surface area contributed by atoms with Gasteiger partial charge in [0.2, 0.25) is 5.91 Å². The number of amides is 1. The standard InChI is InChI=1S/C24H21N3O2/c28-22(26-29)17-16-21-23(18-10-4-1-5-11-18)25-27(20-14-8-3-9-15-20)24(21)19-12-6-2-7-13-19/h1-15,29H,16-17H2,(H,26,28).